The maximum Gasteiger partial charge on any atom is 0.387 e. The normalized spacial score (nSPS) is 14.6. The number of nitrogens with one attached hydrogen (secondary N) is 1. The predicted molar refractivity (Wildman–Crippen MR) is 117 cm³/mol. The molecular weight excluding hydrogens is 420 g/mol. The van der Waals surface area contributed by atoms with E-state index < -0.39 is 6.61 Å². The fourth-order valence-electron chi connectivity index (χ4n) is 3.53. The summed E-state index contributed by atoms with van der Waals surface area (Å²) in [5.41, 5.74) is 2.74. The number of likely N-dealkylation sites (N-methyl/N-ethyl adjacent to an activating group) is 1. The number of nitrogens with zero attached hydrogens (tertiary/aromatic N) is 2. The van der Waals surface area contributed by atoms with Crippen molar-refractivity contribution in [2.24, 2.45) is 0 Å². The van der Waals surface area contributed by atoms with Crippen molar-refractivity contribution >= 4 is 11.6 Å². The highest BCUT2D eigenvalue weighted by atomic mass is 19.3. The smallest absolute Gasteiger partial charge is 0.387 e. The zero-order chi connectivity index (χ0) is 22.9. The van der Waals surface area contributed by atoms with E-state index in [0.29, 0.717) is 6.54 Å². The lowest BCUT2D eigenvalue weighted by molar-refractivity contribution is -0.117. The molecule has 0 aliphatic carbocycles. The molecule has 32 heavy (non-hydrogen) atoms. The first-order chi connectivity index (χ1) is 15.4. The lowest BCUT2D eigenvalue weighted by Crippen LogP contribution is -2.35. The Kier molecular flexibility index (Phi) is 8.78. The molecule has 1 amide bonds. The second-order valence-corrected chi connectivity index (χ2v) is 7.67. The van der Waals surface area contributed by atoms with E-state index in [1.54, 1.807) is 19.2 Å². The van der Waals surface area contributed by atoms with Crippen LogP contribution in [0.25, 0.3) is 0 Å². The van der Waals surface area contributed by atoms with Crippen molar-refractivity contribution in [3.05, 3.63) is 53.6 Å². The number of carbonyl (C=O) groups is 1. The Morgan fingerprint density at radius 2 is 1.81 bits per heavy atom. The van der Waals surface area contributed by atoms with Crippen molar-refractivity contribution in [2.75, 3.05) is 52.3 Å². The Morgan fingerprint density at radius 3 is 2.47 bits per heavy atom. The quantitative estimate of drug-likeness (QED) is 0.601. The molecule has 9 heteroatoms. The number of alkyl halides is 2. The van der Waals surface area contributed by atoms with Gasteiger partial charge >= 0.3 is 6.61 Å². The van der Waals surface area contributed by atoms with Crippen molar-refractivity contribution in [1.29, 1.82) is 0 Å². The maximum absolute atomic E-state index is 12.5. The Labute approximate surface area is 186 Å². The molecule has 1 fully saturated rings. The van der Waals surface area contributed by atoms with Gasteiger partial charge in [-0.25, -0.2) is 0 Å². The molecule has 1 aliphatic rings. The van der Waals surface area contributed by atoms with E-state index >= 15 is 0 Å². The standard InChI is InChI=1S/C23H29F2N3O4/c1-27(14-18-5-8-20(32-23(24)25)21(13-18)30-2)16-22(29)26-19-6-3-17(4-7-19)15-28-9-11-31-12-10-28/h3-8,13,23H,9-12,14-16H2,1-2H3,(H,26,29). The van der Waals surface area contributed by atoms with Crippen LogP contribution in [-0.2, 0) is 22.6 Å². The number of morpholine rings is 1. The number of anilines is 1. The topological polar surface area (TPSA) is 63.3 Å². The summed E-state index contributed by atoms with van der Waals surface area (Å²) in [6.07, 6.45) is 0. The third-order valence-corrected chi connectivity index (χ3v) is 5.06. The summed E-state index contributed by atoms with van der Waals surface area (Å²) >= 11 is 0. The zero-order valence-corrected chi connectivity index (χ0v) is 18.4. The van der Waals surface area contributed by atoms with Crippen LogP contribution in [-0.4, -0.2) is 69.3 Å². The molecule has 1 heterocycles. The summed E-state index contributed by atoms with van der Waals surface area (Å²) in [5.74, 6) is 0.0552. The Bertz CT molecular complexity index is 874. The van der Waals surface area contributed by atoms with Crippen LogP contribution < -0.4 is 14.8 Å². The Hall–Kier alpha value is -2.75. The number of methoxy groups -OCH3 is 1. The van der Waals surface area contributed by atoms with Gasteiger partial charge in [0.2, 0.25) is 5.91 Å². The Morgan fingerprint density at radius 1 is 1.12 bits per heavy atom. The van der Waals surface area contributed by atoms with Crippen LogP contribution >= 0.6 is 0 Å². The minimum absolute atomic E-state index is 0.0243. The summed E-state index contributed by atoms with van der Waals surface area (Å²) in [4.78, 5) is 16.6. The van der Waals surface area contributed by atoms with Crippen molar-refractivity contribution < 1.29 is 27.8 Å². The number of halogens is 2. The number of amides is 1. The second-order valence-electron chi connectivity index (χ2n) is 7.67. The third-order valence-electron chi connectivity index (χ3n) is 5.06. The van der Waals surface area contributed by atoms with Gasteiger partial charge in [-0.1, -0.05) is 18.2 Å². The first-order valence-electron chi connectivity index (χ1n) is 10.4. The zero-order valence-electron chi connectivity index (χ0n) is 18.4. The van der Waals surface area contributed by atoms with Gasteiger partial charge in [-0.05, 0) is 42.4 Å². The number of rotatable bonds is 10. The van der Waals surface area contributed by atoms with E-state index in [0.717, 1.165) is 44.1 Å². The largest absolute Gasteiger partial charge is 0.493 e. The van der Waals surface area contributed by atoms with Gasteiger partial charge in [0.25, 0.3) is 0 Å². The van der Waals surface area contributed by atoms with Crippen molar-refractivity contribution in [3.63, 3.8) is 0 Å². The first kappa shape index (κ1) is 23.9. The molecule has 1 aliphatic heterocycles. The minimum Gasteiger partial charge on any atom is -0.493 e. The highest BCUT2D eigenvalue weighted by molar-refractivity contribution is 5.92. The molecule has 0 spiro atoms. The molecule has 0 radical (unpaired) electrons. The van der Waals surface area contributed by atoms with E-state index in [4.69, 9.17) is 9.47 Å². The molecule has 7 nitrogen and oxygen atoms in total. The van der Waals surface area contributed by atoms with E-state index in [1.165, 1.54) is 18.7 Å². The molecule has 174 valence electrons. The molecule has 0 bridgehead atoms. The number of hydrogen-bond donors (Lipinski definition) is 1. The van der Waals surface area contributed by atoms with Crippen molar-refractivity contribution in [2.45, 2.75) is 19.7 Å². The molecule has 2 aromatic rings. The third kappa shape index (κ3) is 7.44. The van der Waals surface area contributed by atoms with E-state index in [9.17, 15) is 13.6 Å². The number of carbonyl (C=O) groups excluding carboxylic acids is 1. The molecule has 0 aromatic heterocycles. The van der Waals surface area contributed by atoms with E-state index in [-0.39, 0.29) is 24.0 Å². The van der Waals surface area contributed by atoms with Gasteiger partial charge in [0.1, 0.15) is 0 Å². The highest BCUT2D eigenvalue weighted by Gasteiger charge is 2.14. The number of ether oxygens (including phenoxy) is 3. The molecular formula is C23H29F2N3O4. The van der Waals surface area contributed by atoms with Crippen LogP contribution in [0, 0.1) is 0 Å². The highest BCUT2D eigenvalue weighted by Crippen LogP contribution is 2.29. The molecule has 0 saturated carbocycles. The lowest BCUT2D eigenvalue weighted by Gasteiger charge is -2.26. The van der Waals surface area contributed by atoms with Gasteiger partial charge < -0.3 is 19.5 Å². The van der Waals surface area contributed by atoms with Gasteiger partial charge in [-0.2, -0.15) is 8.78 Å². The van der Waals surface area contributed by atoms with Crippen LogP contribution in [0.2, 0.25) is 0 Å². The van der Waals surface area contributed by atoms with Crippen LogP contribution in [0.15, 0.2) is 42.5 Å². The fraction of sp³-hybridized carbons (Fsp3) is 0.435. The van der Waals surface area contributed by atoms with Crippen molar-refractivity contribution in [1.82, 2.24) is 9.80 Å². The summed E-state index contributed by atoms with van der Waals surface area (Å²) in [5, 5.41) is 2.90. The number of benzene rings is 2. The lowest BCUT2D eigenvalue weighted by atomic mass is 10.2. The Balaban J connectivity index is 1.48. The summed E-state index contributed by atoms with van der Waals surface area (Å²) in [6.45, 7) is 1.95. The maximum atomic E-state index is 12.5. The average molecular weight is 449 g/mol. The minimum atomic E-state index is -2.92. The van der Waals surface area contributed by atoms with E-state index in [2.05, 4.69) is 15.0 Å². The molecule has 3 rings (SSSR count). The van der Waals surface area contributed by atoms with Crippen LogP contribution in [0.4, 0.5) is 14.5 Å². The molecule has 1 saturated heterocycles. The fourth-order valence-corrected chi connectivity index (χ4v) is 3.53. The summed E-state index contributed by atoms with van der Waals surface area (Å²) < 4.78 is 39.8. The van der Waals surface area contributed by atoms with Gasteiger partial charge in [-0.15, -0.1) is 0 Å². The van der Waals surface area contributed by atoms with Gasteiger partial charge in [0, 0.05) is 31.9 Å². The van der Waals surface area contributed by atoms with Gasteiger partial charge in [0.05, 0.1) is 26.9 Å². The van der Waals surface area contributed by atoms with Crippen LogP contribution in [0.5, 0.6) is 11.5 Å². The molecule has 0 unspecified atom stereocenters. The monoisotopic (exact) mass is 449 g/mol. The molecule has 1 N–H and O–H groups in total. The number of hydrogen-bond acceptors (Lipinski definition) is 6. The molecule has 2 aromatic carbocycles. The van der Waals surface area contributed by atoms with Gasteiger partial charge in [-0.3, -0.25) is 14.6 Å². The van der Waals surface area contributed by atoms with Crippen LogP contribution in [0.1, 0.15) is 11.1 Å². The second kappa shape index (κ2) is 11.8. The SMILES string of the molecule is COc1cc(CN(C)CC(=O)Nc2ccc(CN3CCOCC3)cc2)ccc1OC(F)F. The average Bonchev–Trinajstić information content (AvgIpc) is 2.76. The summed E-state index contributed by atoms with van der Waals surface area (Å²) in [6, 6.07) is 12.6. The predicted octanol–water partition coefficient (Wildman–Crippen LogP) is 3.20. The van der Waals surface area contributed by atoms with Crippen molar-refractivity contribution in [3.8, 4) is 11.5 Å². The first-order valence-corrected chi connectivity index (χ1v) is 10.4. The molecule has 0 atom stereocenters. The van der Waals surface area contributed by atoms with Gasteiger partial charge in [0.15, 0.2) is 11.5 Å². The summed E-state index contributed by atoms with van der Waals surface area (Å²) in [7, 11) is 3.20. The van der Waals surface area contributed by atoms with E-state index in [1.807, 2.05) is 29.2 Å². The van der Waals surface area contributed by atoms with Crippen LogP contribution in [0.3, 0.4) is 0 Å².